The maximum Gasteiger partial charge on any atom is 0.147 e. The van der Waals surface area contributed by atoms with E-state index in [0.29, 0.717) is 22.5 Å². The predicted octanol–water partition coefficient (Wildman–Crippen LogP) is 3.32. The number of benzene rings is 2. The van der Waals surface area contributed by atoms with Gasteiger partial charge in [-0.1, -0.05) is 12.1 Å². The molecule has 0 saturated heterocycles. The molecule has 2 N–H and O–H groups in total. The van der Waals surface area contributed by atoms with Gasteiger partial charge in [-0.05, 0) is 31.2 Å². The Morgan fingerprint density at radius 2 is 1.90 bits per heavy atom. The van der Waals surface area contributed by atoms with Crippen molar-refractivity contribution in [1.82, 2.24) is 9.55 Å². The van der Waals surface area contributed by atoms with Gasteiger partial charge in [0.25, 0.3) is 0 Å². The zero-order valence-electron chi connectivity index (χ0n) is 10.8. The van der Waals surface area contributed by atoms with Crippen LogP contribution in [0.4, 0.5) is 8.78 Å². The minimum atomic E-state index is -0.405. The standard InChI is InChI=1S/C15H13F2N3/c1-9(18)15-19-12-7-6-10(16)8-14(12)20(15)13-5-3-2-4-11(13)17/h2-9H,18H2,1H3/t9-/m0/s1. The summed E-state index contributed by atoms with van der Waals surface area (Å²) in [6.07, 6.45) is 0. The smallest absolute Gasteiger partial charge is 0.147 e. The molecule has 0 bridgehead atoms. The van der Waals surface area contributed by atoms with E-state index in [1.54, 1.807) is 35.8 Å². The molecule has 0 aliphatic rings. The molecule has 3 nitrogen and oxygen atoms in total. The van der Waals surface area contributed by atoms with Gasteiger partial charge >= 0.3 is 0 Å². The fourth-order valence-electron chi connectivity index (χ4n) is 2.26. The maximum atomic E-state index is 14.0. The van der Waals surface area contributed by atoms with E-state index in [0.717, 1.165) is 0 Å². The summed E-state index contributed by atoms with van der Waals surface area (Å²) in [5.41, 5.74) is 7.30. The van der Waals surface area contributed by atoms with Crippen LogP contribution in [-0.4, -0.2) is 9.55 Å². The van der Waals surface area contributed by atoms with Gasteiger partial charge in [-0.25, -0.2) is 13.8 Å². The zero-order valence-corrected chi connectivity index (χ0v) is 10.8. The summed E-state index contributed by atoms with van der Waals surface area (Å²) in [4.78, 5) is 4.38. The molecule has 0 fully saturated rings. The molecule has 3 rings (SSSR count). The Labute approximate surface area is 114 Å². The summed E-state index contributed by atoms with van der Waals surface area (Å²) < 4.78 is 29.1. The topological polar surface area (TPSA) is 43.8 Å². The number of imidazole rings is 1. The summed E-state index contributed by atoms with van der Waals surface area (Å²) in [6, 6.07) is 10.1. The zero-order chi connectivity index (χ0) is 14.3. The molecule has 20 heavy (non-hydrogen) atoms. The molecule has 0 aliphatic heterocycles. The van der Waals surface area contributed by atoms with Gasteiger partial charge in [0.2, 0.25) is 0 Å². The van der Waals surface area contributed by atoms with Crippen LogP contribution in [0.1, 0.15) is 18.8 Å². The lowest BCUT2D eigenvalue weighted by Gasteiger charge is -2.12. The molecule has 0 aliphatic carbocycles. The van der Waals surface area contributed by atoms with E-state index in [1.807, 2.05) is 0 Å². The Balaban J connectivity index is 2.40. The molecule has 0 amide bonds. The van der Waals surface area contributed by atoms with E-state index in [9.17, 15) is 8.78 Å². The Morgan fingerprint density at radius 3 is 2.60 bits per heavy atom. The van der Waals surface area contributed by atoms with Crippen LogP contribution >= 0.6 is 0 Å². The summed E-state index contributed by atoms with van der Waals surface area (Å²) in [6.45, 7) is 1.76. The van der Waals surface area contributed by atoms with Crippen LogP contribution < -0.4 is 5.73 Å². The molecule has 0 unspecified atom stereocenters. The van der Waals surface area contributed by atoms with E-state index in [4.69, 9.17) is 5.73 Å². The van der Waals surface area contributed by atoms with Crippen molar-refractivity contribution in [3.8, 4) is 5.69 Å². The molecule has 2 aromatic carbocycles. The second kappa shape index (κ2) is 4.68. The Morgan fingerprint density at radius 1 is 1.15 bits per heavy atom. The highest BCUT2D eigenvalue weighted by atomic mass is 19.1. The quantitative estimate of drug-likeness (QED) is 0.778. The number of fused-ring (bicyclic) bond motifs is 1. The van der Waals surface area contributed by atoms with Crippen LogP contribution in [-0.2, 0) is 0 Å². The Hall–Kier alpha value is -2.27. The fourth-order valence-corrected chi connectivity index (χ4v) is 2.26. The van der Waals surface area contributed by atoms with Gasteiger partial charge in [0.1, 0.15) is 17.5 Å². The average molecular weight is 273 g/mol. The summed E-state index contributed by atoms with van der Waals surface area (Å²) in [7, 11) is 0. The lowest BCUT2D eigenvalue weighted by Crippen LogP contribution is -2.13. The molecular weight excluding hydrogens is 260 g/mol. The SMILES string of the molecule is C[C@H](N)c1nc2ccc(F)cc2n1-c1ccccc1F. The first-order valence-electron chi connectivity index (χ1n) is 6.26. The van der Waals surface area contributed by atoms with Crippen molar-refractivity contribution >= 4 is 11.0 Å². The van der Waals surface area contributed by atoms with E-state index in [1.165, 1.54) is 18.2 Å². The molecule has 3 aromatic rings. The van der Waals surface area contributed by atoms with Crippen LogP contribution in [0.15, 0.2) is 42.5 Å². The molecule has 102 valence electrons. The number of halogens is 2. The van der Waals surface area contributed by atoms with Crippen molar-refractivity contribution in [2.24, 2.45) is 5.73 Å². The van der Waals surface area contributed by atoms with E-state index < -0.39 is 17.7 Å². The average Bonchev–Trinajstić information content (AvgIpc) is 2.78. The van der Waals surface area contributed by atoms with Crippen LogP contribution in [0.3, 0.4) is 0 Å². The van der Waals surface area contributed by atoms with Gasteiger partial charge in [-0.15, -0.1) is 0 Å². The van der Waals surface area contributed by atoms with Crippen LogP contribution in [0.2, 0.25) is 0 Å². The van der Waals surface area contributed by atoms with Gasteiger partial charge in [-0.2, -0.15) is 0 Å². The first kappa shape index (κ1) is 12.7. The first-order valence-corrected chi connectivity index (χ1v) is 6.26. The van der Waals surface area contributed by atoms with Crippen LogP contribution in [0, 0.1) is 11.6 Å². The van der Waals surface area contributed by atoms with Gasteiger partial charge in [-0.3, -0.25) is 4.57 Å². The fraction of sp³-hybridized carbons (Fsp3) is 0.133. The van der Waals surface area contributed by atoms with E-state index >= 15 is 0 Å². The number of para-hydroxylation sites is 1. The van der Waals surface area contributed by atoms with Crippen molar-refractivity contribution in [2.75, 3.05) is 0 Å². The number of aromatic nitrogens is 2. The largest absolute Gasteiger partial charge is 0.322 e. The second-order valence-corrected chi connectivity index (χ2v) is 4.68. The lowest BCUT2D eigenvalue weighted by atomic mass is 10.2. The number of hydrogen-bond acceptors (Lipinski definition) is 2. The molecule has 5 heteroatoms. The summed E-state index contributed by atoms with van der Waals surface area (Å²) in [5.74, 6) is -0.306. The third-order valence-corrected chi connectivity index (χ3v) is 3.14. The first-order chi connectivity index (χ1) is 9.58. The van der Waals surface area contributed by atoms with Crippen molar-refractivity contribution in [3.05, 3.63) is 59.9 Å². The second-order valence-electron chi connectivity index (χ2n) is 4.68. The predicted molar refractivity (Wildman–Crippen MR) is 73.6 cm³/mol. The molecular formula is C15H13F2N3. The number of nitrogens with zero attached hydrogens (tertiary/aromatic N) is 2. The highest BCUT2D eigenvalue weighted by Crippen LogP contribution is 2.26. The Kier molecular flexibility index (Phi) is 2.99. The van der Waals surface area contributed by atoms with Gasteiger partial charge in [0, 0.05) is 6.07 Å². The third kappa shape index (κ3) is 1.96. The molecule has 1 heterocycles. The van der Waals surface area contributed by atoms with Crippen molar-refractivity contribution < 1.29 is 8.78 Å². The van der Waals surface area contributed by atoms with Crippen molar-refractivity contribution in [2.45, 2.75) is 13.0 Å². The van der Waals surface area contributed by atoms with Crippen LogP contribution in [0.5, 0.6) is 0 Å². The molecule has 0 saturated carbocycles. The molecule has 1 atom stereocenters. The monoisotopic (exact) mass is 273 g/mol. The van der Waals surface area contributed by atoms with E-state index in [-0.39, 0.29) is 0 Å². The highest BCUT2D eigenvalue weighted by Gasteiger charge is 2.17. The van der Waals surface area contributed by atoms with Crippen molar-refractivity contribution in [3.63, 3.8) is 0 Å². The van der Waals surface area contributed by atoms with E-state index in [2.05, 4.69) is 4.98 Å². The molecule has 0 radical (unpaired) electrons. The van der Waals surface area contributed by atoms with Crippen molar-refractivity contribution in [1.29, 1.82) is 0 Å². The normalized spacial score (nSPS) is 12.8. The minimum absolute atomic E-state index is 0.313. The molecule has 0 spiro atoms. The highest BCUT2D eigenvalue weighted by molar-refractivity contribution is 5.78. The number of hydrogen-bond donors (Lipinski definition) is 1. The van der Waals surface area contributed by atoms with Gasteiger partial charge < -0.3 is 5.73 Å². The summed E-state index contributed by atoms with van der Waals surface area (Å²) >= 11 is 0. The third-order valence-electron chi connectivity index (χ3n) is 3.14. The Bertz CT molecular complexity index is 778. The number of rotatable bonds is 2. The van der Waals surface area contributed by atoms with Gasteiger partial charge in [0.15, 0.2) is 0 Å². The summed E-state index contributed by atoms with van der Waals surface area (Å²) in [5, 5.41) is 0. The molecule has 1 aromatic heterocycles. The van der Waals surface area contributed by atoms with Crippen LogP contribution in [0.25, 0.3) is 16.7 Å². The van der Waals surface area contributed by atoms with Gasteiger partial charge in [0.05, 0.1) is 22.8 Å². The minimum Gasteiger partial charge on any atom is -0.322 e. The number of nitrogens with two attached hydrogens (primary N) is 1. The maximum absolute atomic E-state index is 14.0. The lowest BCUT2D eigenvalue weighted by molar-refractivity contribution is 0.611.